The number of ketones is 2. The van der Waals surface area contributed by atoms with Gasteiger partial charge >= 0.3 is 0 Å². The summed E-state index contributed by atoms with van der Waals surface area (Å²) in [5.41, 5.74) is -0.534. The summed E-state index contributed by atoms with van der Waals surface area (Å²) in [5, 5.41) is 17.7. The van der Waals surface area contributed by atoms with E-state index in [1.54, 1.807) is 12.1 Å². The van der Waals surface area contributed by atoms with Gasteiger partial charge in [0.05, 0.1) is 28.8 Å². The van der Waals surface area contributed by atoms with Crippen LogP contribution in [0.3, 0.4) is 0 Å². The van der Waals surface area contributed by atoms with Gasteiger partial charge in [0, 0.05) is 6.42 Å². The van der Waals surface area contributed by atoms with Crippen LogP contribution < -0.4 is 0 Å². The Balaban J connectivity index is 3.34. The Hall–Kier alpha value is -2.53. The third-order valence-corrected chi connectivity index (χ3v) is 2.41. The van der Waals surface area contributed by atoms with Crippen molar-refractivity contribution in [1.82, 2.24) is 0 Å². The van der Waals surface area contributed by atoms with Gasteiger partial charge in [-0.15, -0.1) is 0 Å². The van der Waals surface area contributed by atoms with Crippen molar-refractivity contribution in [2.45, 2.75) is 19.5 Å². The van der Waals surface area contributed by atoms with Gasteiger partial charge in [-0.2, -0.15) is 10.5 Å². The predicted molar refractivity (Wildman–Crippen MR) is 60.4 cm³/mol. The molecule has 0 N–H and O–H groups in total. The topological polar surface area (TPSA) is 81.7 Å². The van der Waals surface area contributed by atoms with E-state index in [-0.39, 0.29) is 23.1 Å². The van der Waals surface area contributed by atoms with Gasteiger partial charge in [0.2, 0.25) is 12.0 Å². The molecule has 4 nitrogen and oxygen atoms in total. The summed E-state index contributed by atoms with van der Waals surface area (Å²) in [4.78, 5) is 23.0. The molecule has 18 heavy (non-hydrogen) atoms. The van der Waals surface area contributed by atoms with Gasteiger partial charge in [-0.05, 0) is 12.1 Å². The maximum atomic E-state index is 13.6. The number of hydrogen-bond donors (Lipinski definition) is 0. The molecule has 0 aromatic heterocycles. The highest BCUT2D eigenvalue weighted by Gasteiger charge is 2.29. The summed E-state index contributed by atoms with van der Waals surface area (Å²) in [6.07, 6.45) is -2.44. The van der Waals surface area contributed by atoms with Crippen LogP contribution >= 0.6 is 0 Å². The SMILES string of the molecule is CCC(=O)C(F)C(=O)c1c(C#N)cccc1C#N. The van der Waals surface area contributed by atoms with Crippen LogP contribution in [0.4, 0.5) is 4.39 Å². The number of alkyl halides is 1. The van der Waals surface area contributed by atoms with Crippen molar-refractivity contribution in [2.24, 2.45) is 0 Å². The Kier molecular flexibility index (Phi) is 4.28. The molecule has 0 aliphatic rings. The summed E-state index contributed by atoms with van der Waals surface area (Å²) in [5.74, 6) is -1.99. The zero-order chi connectivity index (χ0) is 13.7. The third kappa shape index (κ3) is 2.41. The van der Waals surface area contributed by atoms with E-state index in [9.17, 15) is 14.0 Å². The molecule has 0 amide bonds. The Morgan fingerprint density at radius 2 is 1.78 bits per heavy atom. The van der Waals surface area contributed by atoms with Crippen LogP contribution in [-0.4, -0.2) is 17.7 Å². The molecule has 0 spiro atoms. The van der Waals surface area contributed by atoms with E-state index < -0.39 is 17.7 Å². The highest BCUT2D eigenvalue weighted by atomic mass is 19.1. The molecule has 1 aromatic rings. The van der Waals surface area contributed by atoms with Crippen LogP contribution in [-0.2, 0) is 4.79 Å². The molecule has 0 saturated heterocycles. The van der Waals surface area contributed by atoms with Crippen molar-refractivity contribution < 1.29 is 14.0 Å². The highest BCUT2D eigenvalue weighted by molar-refractivity contribution is 6.15. The maximum absolute atomic E-state index is 13.6. The molecule has 0 saturated carbocycles. The third-order valence-electron chi connectivity index (χ3n) is 2.41. The number of halogens is 1. The van der Waals surface area contributed by atoms with Crippen LogP contribution in [0.15, 0.2) is 18.2 Å². The highest BCUT2D eigenvalue weighted by Crippen LogP contribution is 2.18. The molecule has 0 fully saturated rings. The van der Waals surface area contributed by atoms with Crippen molar-refractivity contribution in [2.75, 3.05) is 0 Å². The first-order valence-electron chi connectivity index (χ1n) is 5.21. The van der Waals surface area contributed by atoms with Crippen LogP contribution in [0.5, 0.6) is 0 Å². The number of rotatable bonds is 4. The lowest BCUT2D eigenvalue weighted by atomic mass is 9.94. The van der Waals surface area contributed by atoms with Gasteiger partial charge in [0.25, 0.3) is 0 Å². The van der Waals surface area contributed by atoms with Gasteiger partial charge in [0.15, 0.2) is 5.78 Å². The number of carbonyl (C=O) groups is 2. The summed E-state index contributed by atoms with van der Waals surface area (Å²) in [7, 11) is 0. The second-order valence-electron chi connectivity index (χ2n) is 3.50. The minimum Gasteiger partial charge on any atom is -0.296 e. The first-order valence-corrected chi connectivity index (χ1v) is 5.21. The fourth-order valence-corrected chi connectivity index (χ4v) is 1.46. The fraction of sp³-hybridized carbons (Fsp3) is 0.231. The lowest BCUT2D eigenvalue weighted by molar-refractivity contribution is -0.121. The lowest BCUT2D eigenvalue weighted by Crippen LogP contribution is -2.26. The van der Waals surface area contributed by atoms with Gasteiger partial charge in [-0.25, -0.2) is 4.39 Å². The summed E-state index contributed by atoms with van der Waals surface area (Å²) >= 11 is 0. The average Bonchev–Trinajstić information content (AvgIpc) is 2.43. The van der Waals surface area contributed by atoms with E-state index in [1.807, 2.05) is 0 Å². The number of nitriles is 2. The molecule has 5 heteroatoms. The van der Waals surface area contributed by atoms with E-state index in [2.05, 4.69) is 0 Å². The molecule has 0 aliphatic carbocycles. The monoisotopic (exact) mass is 244 g/mol. The van der Waals surface area contributed by atoms with Crippen molar-refractivity contribution in [3.8, 4) is 12.1 Å². The summed E-state index contributed by atoms with van der Waals surface area (Å²) < 4.78 is 13.6. The second kappa shape index (κ2) is 5.70. The molecule has 0 heterocycles. The molecular formula is C13H9FN2O2. The number of benzene rings is 1. The molecule has 1 unspecified atom stereocenters. The standard InChI is InChI=1S/C13H9FN2O2/c1-2-10(17)12(14)13(18)11-8(6-15)4-3-5-9(11)7-16/h3-5,12H,2H2,1H3. The van der Waals surface area contributed by atoms with Crippen molar-refractivity contribution >= 4 is 11.6 Å². The first kappa shape index (κ1) is 13.5. The number of nitrogens with zero attached hydrogens (tertiary/aromatic N) is 2. The van der Waals surface area contributed by atoms with E-state index in [0.717, 1.165) is 0 Å². The molecule has 0 aliphatic heterocycles. The van der Waals surface area contributed by atoms with E-state index in [1.165, 1.54) is 25.1 Å². The fourth-order valence-electron chi connectivity index (χ4n) is 1.46. The van der Waals surface area contributed by atoms with E-state index in [0.29, 0.717) is 0 Å². The molecule has 1 atom stereocenters. The zero-order valence-electron chi connectivity index (χ0n) is 9.61. The van der Waals surface area contributed by atoms with Crippen LogP contribution in [0.25, 0.3) is 0 Å². The minimum atomic E-state index is -2.32. The van der Waals surface area contributed by atoms with Crippen molar-refractivity contribution in [1.29, 1.82) is 10.5 Å². The maximum Gasteiger partial charge on any atom is 0.220 e. The molecule has 1 aromatic carbocycles. The van der Waals surface area contributed by atoms with Crippen molar-refractivity contribution in [3.63, 3.8) is 0 Å². The Morgan fingerprint density at radius 1 is 1.28 bits per heavy atom. The number of carbonyl (C=O) groups excluding carboxylic acids is 2. The summed E-state index contributed by atoms with van der Waals surface area (Å²) in [6.45, 7) is 1.43. The molecule has 0 bridgehead atoms. The predicted octanol–water partition coefficient (Wildman–Crippen LogP) is 1.93. The van der Waals surface area contributed by atoms with Crippen LogP contribution in [0.1, 0.15) is 34.8 Å². The van der Waals surface area contributed by atoms with Crippen LogP contribution in [0, 0.1) is 22.7 Å². The van der Waals surface area contributed by atoms with Gasteiger partial charge in [0.1, 0.15) is 0 Å². The molecule has 0 radical (unpaired) electrons. The first-order chi connectivity index (χ1) is 8.56. The molecule has 1 rings (SSSR count). The zero-order valence-corrected chi connectivity index (χ0v) is 9.61. The van der Waals surface area contributed by atoms with Gasteiger partial charge < -0.3 is 0 Å². The average molecular weight is 244 g/mol. The molecule has 90 valence electrons. The molecular weight excluding hydrogens is 235 g/mol. The van der Waals surface area contributed by atoms with Gasteiger partial charge in [-0.3, -0.25) is 9.59 Å². The Labute approximate surface area is 103 Å². The van der Waals surface area contributed by atoms with Crippen LogP contribution in [0.2, 0.25) is 0 Å². The normalized spacial score (nSPS) is 11.1. The van der Waals surface area contributed by atoms with Gasteiger partial charge in [-0.1, -0.05) is 13.0 Å². The summed E-state index contributed by atoms with van der Waals surface area (Å²) in [6, 6.07) is 7.45. The minimum absolute atomic E-state index is 0.106. The Morgan fingerprint density at radius 3 is 2.17 bits per heavy atom. The van der Waals surface area contributed by atoms with E-state index in [4.69, 9.17) is 10.5 Å². The number of hydrogen-bond acceptors (Lipinski definition) is 4. The Bertz CT molecular complexity index is 549. The second-order valence-corrected chi connectivity index (χ2v) is 3.50. The smallest absolute Gasteiger partial charge is 0.220 e. The van der Waals surface area contributed by atoms with E-state index >= 15 is 0 Å². The largest absolute Gasteiger partial charge is 0.296 e. The van der Waals surface area contributed by atoms with Crippen molar-refractivity contribution in [3.05, 3.63) is 34.9 Å². The number of Topliss-reactive ketones (excluding diaryl/α,β-unsaturated/α-hetero) is 2. The quantitative estimate of drug-likeness (QED) is 0.598. The lowest BCUT2D eigenvalue weighted by Gasteiger charge is -2.08.